The summed E-state index contributed by atoms with van der Waals surface area (Å²) in [5, 5.41) is 6.92. The van der Waals surface area contributed by atoms with Crippen molar-refractivity contribution in [1.29, 1.82) is 0 Å². The molecule has 2 heterocycles. The number of carbonyl (C=O) groups is 3. The highest BCUT2D eigenvalue weighted by molar-refractivity contribution is 7.14. The normalized spacial score (nSPS) is 11.8. The Balaban J connectivity index is 1.72. The van der Waals surface area contributed by atoms with E-state index in [0.717, 1.165) is 29.5 Å². The van der Waals surface area contributed by atoms with Crippen molar-refractivity contribution in [3.05, 3.63) is 58.7 Å². The second-order valence-electron chi connectivity index (χ2n) is 7.11. The Labute approximate surface area is 186 Å². The number of rotatable bonds is 7. The van der Waals surface area contributed by atoms with Crippen LogP contribution in [0.25, 0.3) is 11.3 Å². The molecule has 0 aliphatic heterocycles. The highest BCUT2D eigenvalue weighted by atomic mass is 32.1. The van der Waals surface area contributed by atoms with Crippen LogP contribution in [0, 0.1) is 17.6 Å². The number of ether oxygens (including phenoxy) is 1. The quantitative estimate of drug-likeness (QED) is 0.465. The zero-order valence-electron chi connectivity index (χ0n) is 17.4. The summed E-state index contributed by atoms with van der Waals surface area (Å²) in [6.45, 7) is 3.37. The van der Waals surface area contributed by atoms with Gasteiger partial charge in [0.05, 0.1) is 12.8 Å². The van der Waals surface area contributed by atoms with E-state index < -0.39 is 41.0 Å². The van der Waals surface area contributed by atoms with Crippen LogP contribution >= 0.6 is 11.3 Å². The minimum absolute atomic E-state index is 0.253. The van der Waals surface area contributed by atoms with Gasteiger partial charge in [-0.3, -0.25) is 9.59 Å². The molecule has 32 heavy (non-hydrogen) atoms. The van der Waals surface area contributed by atoms with Gasteiger partial charge in [-0.1, -0.05) is 19.9 Å². The molecule has 0 aliphatic rings. The van der Waals surface area contributed by atoms with Gasteiger partial charge in [0, 0.05) is 17.1 Å². The summed E-state index contributed by atoms with van der Waals surface area (Å²) in [6.07, 6.45) is 1.58. The Bertz CT molecular complexity index is 1140. The van der Waals surface area contributed by atoms with E-state index in [-0.39, 0.29) is 16.7 Å². The van der Waals surface area contributed by atoms with E-state index >= 15 is 0 Å². The Morgan fingerprint density at radius 2 is 1.88 bits per heavy atom. The molecule has 0 radical (unpaired) electrons. The van der Waals surface area contributed by atoms with E-state index in [4.69, 9.17) is 0 Å². The molecule has 2 amide bonds. The van der Waals surface area contributed by atoms with Gasteiger partial charge in [-0.05, 0) is 24.1 Å². The number of hydrogen-bond donors (Lipinski definition) is 3. The Hall–Kier alpha value is -3.60. The fourth-order valence-electron chi connectivity index (χ4n) is 2.88. The molecule has 1 aromatic carbocycles. The van der Waals surface area contributed by atoms with E-state index in [2.05, 4.69) is 25.3 Å². The van der Waals surface area contributed by atoms with Crippen molar-refractivity contribution in [2.75, 3.05) is 12.4 Å². The molecule has 2 aromatic heterocycles. The Morgan fingerprint density at radius 3 is 2.50 bits per heavy atom. The molecule has 168 valence electrons. The van der Waals surface area contributed by atoms with Gasteiger partial charge in [0.2, 0.25) is 5.91 Å². The molecule has 0 fully saturated rings. The molecule has 0 saturated carbocycles. The van der Waals surface area contributed by atoms with E-state index in [0.29, 0.717) is 11.3 Å². The number of nitrogens with zero attached hydrogens (tertiary/aromatic N) is 1. The second-order valence-corrected chi connectivity index (χ2v) is 7.97. The summed E-state index contributed by atoms with van der Waals surface area (Å²) >= 11 is 1.14. The van der Waals surface area contributed by atoms with Gasteiger partial charge in [0.25, 0.3) is 5.91 Å². The third kappa shape index (κ3) is 4.99. The van der Waals surface area contributed by atoms with E-state index in [9.17, 15) is 23.2 Å². The Morgan fingerprint density at radius 1 is 1.19 bits per heavy atom. The van der Waals surface area contributed by atoms with Gasteiger partial charge in [-0.25, -0.2) is 18.6 Å². The van der Waals surface area contributed by atoms with Crippen molar-refractivity contribution < 1.29 is 27.9 Å². The summed E-state index contributed by atoms with van der Waals surface area (Å²) in [4.78, 5) is 43.8. The number of esters is 1. The molecule has 3 rings (SSSR count). The number of aromatic nitrogens is 2. The predicted octanol–water partition coefficient (Wildman–Crippen LogP) is 3.60. The number of nitrogens with one attached hydrogen (secondary N) is 3. The molecule has 0 saturated heterocycles. The number of benzene rings is 1. The SMILES string of the molecule is COC(=O)c1cc(-c2csc(NC(=O)[C@@H](NC(=O)c3c(F)cccc3F)C(C)C)n2)c[nH]1. The number of halogens is 2. The third-order valence-corrected chi connectivity index (χ3v) is 5.30. The standard InChI is InChI=1S/C21H20F2N4O4S/c1-10(2)17(26-18(28)16-12(22)5-4-6-13(16)23)19(29)27-21-25-15(9-32-21)11-7-14(24-8-11)20(30)31-3/h4-10,17,24H,1-3H3,(H,26,28)(H,25,27,29)/t17-/m0/s1. The van der Waals surface area contributed by atoms with Crippen molar-refractivity contribution in [2.45, 2.75) is 19.9 Å². The smallest absolute Gasteiger partial charge is 0.354 e. The number of methoxy groups -OCH3 is 1. The van der Waals surface area contributed by atoms with Gasteiger partial charge in [0.1, 0.15) is 28.9 Å². The fraction of sp³-hybridized carbons (Fsp3) is 0.238. The molecular weight excluding hydrogens is 442 g/mol. The summed E-state index contributed by atoms with van der Waals surface area (Å²) in [5.41, 5.74) is 0.626. The Kier molecular flexibility index (Phi) is 6.98. The van der Waals surface area contributed by atoms with Crippen LogP contribution < -0.4 is 10.6 Å². The van der Waals surface area contributed by atoms with Crippen molar-refractivity contribution in [1.82, 2.24) is 15.3 Å². The zero-order valence-corrected chi connectivity index (χ0v) is 18.2. The first-order valence-electron chi connectivity index (χ1n) is 9.49. The average molecular weight is 462 g/mol. The number of thiazole rings is 1. The lowest BCUT2D eigenvalue weighted by Crippen LogP contribution is -2.47. The number of amides is 2. The maximum atomic E-state index is 13.9. The van der Waals surface area contributed by atoms with Crippen LogP contribution in [0.2, 0.25) is 0 Å². The van der Waals surface area contributed by atoms with E-state index in [1.165, 1.54) is 7.11 Å². The van der Waals surface area contributed by atoms with Crippen LogP contribution in [-0.2, 0) is 9.53 Å². The van der Waals surface area contributed by atoms with Crippen molar-refractivity contribution >= 4 is 34.3 Å². The number of aromatic amines is 1. The van der Waals surface area contributed by atoms with Gasteiger partial charge in [-0.15, -0.1) is 11.3 Å². The van der Waals surface area contributed by atoms with Crippen LogP contribution in [0.5, 0.6) is 0 Å². The number of hydrogen-bond acceptors (Lipinski definition) is 6. The van der Waals surface area contributed by atoms with E-state index in [1.807, 2.05) is 0 Å². The summed E-state index contributed by atoms with van der Waals surface area (Å²) in [5.74, 6) is -4.56. The molecule has 0 aliphatic carbocycles. The van der Waals surface area contributed by atoms with E-state index in [1.54, 1.807) is 31.5 Å². The monoisotopic (exact) mass is 462 g/mol. The predicted molar refractivity (Wildman–Crippen MR) is 114 cm³/mol. The molecule has 8 nitrogen and oxygen atoms in total. The second kappa shape index (κ2) is 9.69. The summed E-state index contributed by atoms with van der Waals surface area (Å²) < 4.78 is 32.4. The molecule has 1 atom stereocenters. The van der Waals surface area contributed by atoms with Crippen LogP contribution in [-0.4, -0.2) is 40.9 Å². The minimum Gasteiger partial charge on any atom is -0.464 e. The van der Waals surface area contributed by atoms with Crippen molar-refractivity contribution in [2.24, 2.45) is 5.92 Å². The number of carbonyl (C=O) groups excluding carboxylic acids is 3. The van der Waals surface area contributed by atoms with Gasteiger partial charge in [0.15, 0.2) is 5.13 Å². The first kappa shape index (κ1) is 23.1. The molecule has 11 heteroatoms. The summed E-state index contributed by atoms with van der Waals surface area (Å²) in [6, 6.07) is 3.57. The van der Waals surface area contributed by atoms with Gasteiger partial charge < -0.3 is 20.4 Å². The molecule has 3 aromatic rings. The van der Waals surface area contributed by atoms with Crippen molar-refractivity contribution in [3.63, 3.8) is 0 Å². The topological polar surface area (TPSA) is 113 Å². The fourth-order valence-corrected chi connectivity index (χ4v) is 3.60. The number of anilines is 1. The zero-order chi connectivity index (χ0) is 23.4. The molecule has 0 unspecified atom stereocenters. The number of H-pyrrole nitrogens is 1. The average Bonchev–Trinajstić information content (AvgIpc) is 3.40. The largest absolute Gasteiger partial charge is 0.464 e. The van der Waals surface area contributed by atoms with Crippen LogP contribution in [0.15, 0.2) is 35.8 Å². The molecule has 3 N–H and O–H groups in total. The molecule has 0 spiro atoms. The minimum atomic E-state index is -1.06. The highest BCUT2D eigenvalue weighted by Gasteiger charge is 2.28. The lowest BCUT2D eigenvalue weighted by molar-refractivity contribution is -0.118. The molecule has 0 bridgehead atoms. The maximum Gasteiger partial charge on any atom is 0.354 e. The summed E-state index contributed by atoms with van der Waals surface area (Å²) in [7, 11) is 1.27. The maximum absolute atomic E-state index is 13.9. The third-order valence-electron chi connectivity index (χ3n) is 4.54. The van der Waals surface area contributed by atoms with Crippen LogP contribution in [0.3, 0.4) is 0 Å². The lowest BCUT2D eigenvalue weighted by Gasteiger charge is -2.21. The highest BCUT2D eigenvalue weighted by Crippen LogP contribution is 2.26. The first-order chi connectivity index (χ1) is 15.2. The van der Waals surface area contributed by atoms with Gasteiger partial charge in [-0.2, -0.15) is 0 Å². The van der Waals surface area contributed by atoms with Gasteiger partial charge >= 0.3 is 5.97 Å². The molecular formula is C21H20F2N4O4S. The lowest BCUT2D eigenvalue weighted by atomic mass is 10.0. The van der Waals surface area contributed by atoms with Crippen LogP contribution in [0.1, 0.15) is 34.7 Å². The first-order valence-corrected chi connectivity index (χ1v) is 10.4. The van der Waals surface area contributed by atoms with Crippen molar-refractivity contribution in [3.8, 4) is 11.3 Å². The van der Waals surface area contributed by atoms with Crippen LogP contribution in [0.4, 0.5) is 13.9 Å².